The number of nitrogens with one attached hydrogen (secondary N) is 1. The molecule has 0 bridgehead atoms. The molecule has 2 aromatic rings. The SMILES string of the molecule is Cc1ccccc1Oc1cc2c(cc1N)CC(=O)N2. The van der Waals surface area contributed by atoms with Gasteiger partial charge in [0.25, 0.3) is 0 Å². The Morgan fingerprint density at radius 1 is 1.21 bits per heavy atom. The van der Waals surface area contributed by atoms with Gasteiger partial charge in [-0.3, -0.25) is 4.79 Å². The van der Waals surface area contributed by atoms with Crippen LogP contribution < -0.4 is 15.8 Å². The molecule has 0 atom stereocenters. The third-order valence-electron chi connectivity index (χ3n) is 3.17. The van der Waals surface area contributed by atoms with E-state index in [2.05, 4.69) is 5.32 Å². The molecule has 2 aromatic carbocycles. The van der Waals surface area contributed by atoms with Crippen molar-refractivity contribution < 1.29 is 9.53 Å². The molecule has 4 nitrogen and oxygen atoms in total. The second kappa shape index (κ2) is 4.31. The van der Waals surface area contributed by atoms with Gasteiger partial charge in [-0.15, -0.1) is 0 Å². The average Bonchev–Trinajstić information content (AvgIpc) is 2.71. The summed E-state index contributed by atoms with van der Waals surface area (Å²) in [6.45, 7) is 1.97. The average molecular weight is 254 g/mol. The first kappa shape index (κ1) is 11.6. The van der Waals surface area contributed by atoms with E-state index in [0.717, 1.165) is 22.6 Å². The van der Waals surface area contributed by atoms with Crippen LogP contribution in [0.4, 0.5) is 11.4 Å². The number of nitrogen functional groups attached to an aromatic ring is 1. The molecule has 3 N–H and O–H groups in total. The Morgan fingerprint density at radius 3 is 2.79 bits per heavy atom. The van der Waals surface area contributed by atoms with E-state index in [1.165, 1.54) is 0 Å². The molecule has 0 fully saturated rings. The standard InChI is InChI=1S/C15H14N2O2/c1-9-4-2-3-5-13(9)19-14-8-12-10(6-11(14)16)7-15(18)17-12/h2-6,8H,7,16H2,1H3,(H,17,18). The molecule has 1 heterocycles. The third-order valence-corrected chi connectivity index (χ3v) is 3.17. The van der Waals surface area contributed by atoms with Crippen LogP contribution in [0.25, 0.3) is 0 Å². The topological polar surface area (TPSA) is 64.3 Å². The van der Waals surface area contributed by atoms with Gasteiger partial charge in [-0.25, -0.2) is 0 Å². The molecule has 1 aliphatic heterocycles. The Kier molecular flexibility index (Phi) is 2.63. The zero-order chi connectivity index (χ0) is 13.4. The molecule has 0 spiro atoms. The highest BCUT2D eigenvalue weighted by Gasteiger charge is 2.20. The quantitative estimate of drug-likeness (QED) is 0.810. The van der Waals surface area contributed by atoms with Gasteiger partial charge >= 0.3 is 0 Å². The van der Waals surface area contributed by atoms with Gasteiger partial charge in [-0.2, -0.15) is 0 Å². The van der Waals surface area contributed by atoms with E-state index >= 15 is 0 Å². The van der Waals surface area contributed by atoms with Gasteiger partial charge in [0, 0.05) is 11.8 Å². The van der Waals surface area contributed by atoms with Crippen LogP contribution in [-0.2, 0) is 11.2 Å². The van der Waals surface area contributed by atoms with Crippen molar-refractivity contribution in [1.82, 2.24) is 0 Å². The number of hydrogen-bond acceptors (Lipinski definition) is 3. The smallest absolute Gasteiger partial charge is 0.228 e. The van der Waals surface area contributed by atoms with E-state index in [0.29, 0.717) is 17.9 Å². The minimum atomic E-state index is -0.0116. The fourth-order valence-electron chi connectivity index (χ4n) is 2.15. The molecule has 1 amide bonds. The van der Waals surface area contributed by atoms with Crippen molar-refractivity contribution in [1.29, 1.82) is 0 Å². The molecular weight excluding hydrogens is 240 g/mol. The number of para-hydroxylation sites is 1. The maximum Gasteiger partial charge on any atom is 0.228 e. The highest BCUT2D eigenvalue weighted by molar-refractivity contribution is 6.00. The van der Waals surface area contributed by atoms with Crippen LogP contribution in [0.5, 0.6) is 11.5 Å². The number of ether oxygens (including phenoxy) is 1. The van der Waals surface area contributed by atoms with Crippen molar-refractivity contribution in [3.63, 3.8) is 0 Å². The number of carbonyl (C=O) groups excluding carboxylic acids is 1. The second-order valence-corrected chi connectivity index (χ2v) is 4.64. The molecular formula is C15H14N2O2. The summed E-state index contributed by atoms with van der Waals surface area (Å²) in [5, 5.41) is 2.79. The van der Waals surface area contributed by atoms with Crippen LogP contribution in [0, 0.1) is 6.92 Å². The van der Waals surface area contributed by atoms with Crippen LogP contribution in [0.2, 0.25) is 0 Å². The van der Waals surface area contributed by atoms with E-state index in [1.807, 2.05) is 31.2 Å². The molecule has 1 aliphatic rings. The lowest BCUT2D eigenvalue weighted by molar-refractivity contribution is -0.115. The third kappa shape index (κ3) is 2.12. The van der Waals surface area contributed by atoms with Crippen LogP contribution in [0.15, 0.2) is 36.4 Å². The summed E-state index contributed by atoms with van der Waals surface area (Å²) >= 11 is 0. The van der Waals surface area contributed by atoms with Gasteiger partial charge in [-0.1, -0.05) is 18.2 Å². The molecule has 0 saturated carbocycles. The maximum atomic E-state index is 11.3. The van der Waals surface area contributed by atoms with E-state index in [-0.39, 0.29) is 5.91 Å². The van der Waals surface area contributed by atoms with Gasteiger partial charge in [0.1, 0.15) is 5.75 Å². The van der Waals surface area contributed by atoms with Crippen LogP contribution in [0.1, 0.15) is 11.1 Å². The zero-order valence-electron chi connectivity index (χ0n) is 10.6. The number of nitrogens with two attached hydrogens (primary N) is 1. The highest BCUT2D eigenvalue weighted by Crippen LogP contribution is 2.36. The van der Waals surface area contributed by atoms with Crippen molar-refractivity contribution >= 4 is 17.3 Å². The molecule has 19 heavy (non-hydrogen) atoms. The molecule has 0 aliphatic carbocycles. The number of fused-ring (bicyclic) bond motifs is 1. The van der Waals surface area contributed by atoms with Gasteiger partial charge in [-0.05, 0) is 30.2 Å². The predicted octanol–water partition coefficient (Wildman–Crippen LogP) is 2.86. The van der Waals surface area contributed by atoms with Gasteiger partial charge in [0.05, 0.1) is 12.1 Å². The molecule has 0 unspecified atom stereocenters. The molecule has 96 valence electrons. The number of carbonyl (C=O) groups is 1. The number of amides is 1. The fourth-order valence-corrected chi connectivity index (χ4v) is 2.15. The second-order valence-electron chi connectivity index (χ2n) is 4.64. The lowest BCUT2D eigenvalue weighted by Crippen LogP contribution is -2.03. The summed E-state index contributed by atoms with van der Waals surface area (Å²) < 4.78 is 5.82. The van der Waals surface area contributed by atoms with E-state index in [1.54, 1.807) is 12.1 Å². The monoisotopic (exact) mass is 254 g/mol. The molecule has 0 aromatic heterocycles. The van der Waals surface area contributed by atoms with E-state index in [9.17, 15) is 4.79 Å². The van der Waals surface area contributed by atoms with Crippen LogP contribution >= 0.6 is 0 Å². The molecule has 4 heteroatoms. The van der Waals surface area contributed by atoms with Crippen molar-refractivity contribution in [2.75, 3.05) is 11.1 Å². The number of hydrogen-bond donors (Lipinski definition) is 2. The Morgan fingerprint density at radius 2 is 2.00 bits per heavy atom. The number of anilines is 2. The van der Waals surface area contributed by atoms with Crippen LogP contribution in [0.3, 0.4) is 0 Å². The Bertz CT molecular complexity index is 665. The normalized spacial score (nSPS) is 13.0. The minimum Gasteiger partial charge on any atom is -0.455 e. The van der Waals surface area contributed by atoms with Crippen molar-refractivity contribution in [2.24, 2.45) is 0 Å². The summed E-state index contributed by atoms with van der Waals surface area (Å²) in [6, 6.07) is 11.3. The number of rotatable bonds is 2. The molecule has 0 radical (unpaired) electrons. The largest absolute Gasteiger partial charge is 0.455 e. The zero-order valence-corrected chi connectivity index (χ0v) is 10.6. The lowest BCUT2D eigenvalue weighted by atomic mass is 10.1. The van der Waals surface area contributed by atoms with Crippen molar-refractivity contribution in [2.45, 2.75) is 13.3 Å². The summed E-state index contributed by atoms with van der Waals surface area (Å²) in [6.07, 6.45) is 0.379. The maximum absolute atomic E-state index is 11.3. The predicted molar refractivity (Wildman–Crippen MR) is 74.4 cm³/mol. The van der Waals surface area contributed by atoms with E-state index < -0.39 is 0 Å². The molecule has 3 rings (SSSR count). The Hall–Kier alpha value is -2.49. The highest BCUT2D eigenvalue weighted by atomic mass is 16.5. The Balaban J connectivity index is 1.97. The first-order valence-electron chi connectivity index (χ1n) is 6.09. The minimum absolute atomic E-state index is 0.0116. The summed E-state index contributed by atoms with van der Waals surface area (Å²) in [4.78, 5) is 11.3. The summed E-state index contributed by atoms with van der Waals surface area (Å²) in [7, 11) is 0. The summed E-state index contributed by atoms with van der Waals surface area (Å²) in [5.74, 6) is 1.32. The van der Waals surface area contributed by atoms with Gasteiger partial charge in [0.2, 0.25) is 5.91 Å². The first-order valence-corrected chi connectivity index (χ1v) is 6.09. The summed E-state index contributed by atoms with van der Waals surface area (Å²) in [5.41, 5.74) is 9.24. The molecule has 0 saturated heterocycles. The lowest BCUT2D eigenvalue weighted by Gasteiger charge is -2.12. The van der Waals surface area contributed by atoms with Gasteiger partial charge in [0.15, 0.2) is 5.75 Å². The van der Waals surface area contributed by atoms with Crippen LogP contribution in [-0.4, -0.2) is 5.91 Å². The number of benzene rings is 2. The first-order chi connectivity index (χ1) is 9.13. The fraction of sp³-hybridized carbons (Fsp3) is 0.133. The van der Waals surface area contributed by atoms with Crippen molar-refractivity contribution in [3.8, 4) is 11.5 Å². The van der Waals surface area contributed by atoms with Gasteiger partial charge < -0.3 is 15.8 Å². The van der Waals surface area contributed by atoms with Crippen molar-refractivity contribution in [3.05, 3.63) is 47.5 Å². The number of aryl methyl sites for hydroxylation is 1. The Labute approximate surface area is 111 Å². The van der Waals surface area contributed by atoms with E-state index in [4.69, 9.17) is 10.5 Å².